The predicted octanol–water partition coefficient (Wildman–Crippen LogP) is -0.233. The molecule has 10 heavy (non-hydrogen) atoms. The average Bonchev–Trinajstić information content (AvgIpc) is 1.88. The highest BCUT2D eigenvalue weighted by Gasteiger charge is 1.93. The van der Waals surface area contributed by atoms with E-state index in [4.69, 9.17) is 5.73 Å². The first-order chi connectivity index (χ1) is 4.79. The summed E-state index contributed by atoms with van der Waals surface area (Å²) in [6.45, 7) is 0. The molecule has 0 aromatic carbocycles. The number of primary amides is 1. The van der Waals surface area contributed by atoms with Gasteiger partial charge in [0.25, 0.3) is 0 Å². The van der Waals surface area contributed by atoms with Gasteiger partial charge < -0.3 is 5.73 Å². The van der Waals surface area contributed by atoms with Crippen molar-refractivity contribution in [1.82, 2.24) is 9.97 Å². The summed E-state index contributed by atoms with van der Waals surface area (Å²) >= 11 is 0. The third kappa shape index (κ3) is 1.70. The minimum Gasteiger partial charge on any atom is -0.351 e. The monoisotopic (exact) mass is 137 g/mol. The molecule has 1 radical (unpaired) electrons. The number of anilines is 1. The number of hydrogen-bond donors (Lipinski definition) is 2. The second-order valence-corrected chi connectivity index (χ2v) is 1.53. The Hall–Kier alpha value is -1.65. The fourth-order valence-corrected chi connectivity index (χ4v) is 0.457. The van der Waals surface area contributed by atoms with Crippen LogP contribution in [0, 0.1) is 6.33 Å². The Morgan fingerprint density at radius 2 is 2.60 bits per heavy atom. The number of hydrogen-bond acceptors (Lipinski definition) is 3. The van der Waals surface area contributed by atoms with Gasteiger partial charge in [-0.05, 0) is 6.07 Å². The molecule has 0 spiro atoms. The Balaban J connectivity index is 2.67. The summed E-state index contributed by atoms with van der Waals surface area (Å²) in [7, 11) is 0. The summed E-state index contributed by atoms with van der Waals surface area (Å²) in [5, 5.41) is 2.26. The summed E-state index contributed by atoms with van der Waals surface area (Å²) in [5.74, 6) is 0.350. The van der Waals surface area contributed by atoms with E-state index in [-0.39, 0.29) is 0 Å². The highest BCUT2D eigenvalue weighted by atomic mass is 16.2. The molecule has 2 amide bonds. The quantitative estimate of drug-likeness (QED) is 0.560. The van der Waals surface area contributed by atoms with E-state index in [1.807, 2.05) is 0 Å². The second-order valence-electron chi connectivity index (χ2n) is 1.53. The maximum absolute atomic E-state index is 10.2. The van der Waals surface area contributed by atoms with Crippen molar-refractivity contribution >= 4 is 11.8 Å². The Morgan fingerprint density at radius 1 is 1.80 bits per heavy atom. The van der Waals surface area contributed by atoms with Gasteiger partial charge in [0.05, 0.1) is 0 Å². The molecule has 5 heteroatoms. The number of rotatable bonds is 1. The van der Waals surface area contributed by atoms with E-state index in [1.165, 1.54) is 12.3 Å². The van der Waals surface area contributed by atoms with Gasteiger partial charge in [0, 0.05) is 6.20 Å². The van der Waals surface area contributed by atoms with E-state index in [1.54, 1.807) is 0 Å². The van der Waals surface area contributed by atoms with Crippen molar-refractivity contribution in [3.63, 3.8) is 0 Å². The molecule has 0 fully saturated rings. The molecule has 0 atom stereocenters. The molecule has 0 aliphatic rings. The van der Waals surface area contributed by atoms with Gasteiger partial charge in [-0.2, -0.15) is 0 Å². The topological polar surface area (TPSA) is 80.9 Å². The van der Waals surface area contributed by atoms with Crippen LogP contribution in [0.3, 0.4) is 0 Å². The lowest BCUT2D eigenvalue weighted by Gasteiger charge is -1.95. The number of nitrogens with zero attached hydrogens (tertiary/aromatic N) is 2. The van der Waals surface area contributed by atoms with Crippen molar-refractivity contribution < 1.29 is 4.79 Å². The lowest BCUT2D eigenvalue weighted by molar-refractivity contribution is 0.259. The van der Waals surface area contributed by atoms with E-state index in [9.17, 15) is 4.79 Å². The predicted molar refractivity (Wildman–Crippen MR) is 34.1 cm³/mol. The van der Waals surface area contributed by atoms with Gasteiger partial charge in [-0.15, -0.1) is 0 Å². The van der Waals surface area contributed by atoms with Gasteiger partial charge in [0.1, 0.15) is 5.82 Å². The second kappa shape index (κ2) is 2.77. The third-order valence-corrected chi connectivity index (χ3v) is 0.786. The van der Waals surface area contributed by atoms with Crippen LogP contribution in [0.15, 0.2) is 12.3 Å². The van der Waals surface area contributed by atoms with Crippen molar-refractivity contribution in [3.8, 4) is 0 Å². The lowest BCUT2D eigenvalue weighted by atomic mass is 10.6. The fraction of sp³-hybridized carbons (Fsp3) is 0. The summed E-state index contributed by atoms with van der Waals surface area (Å²) in [6.07, 6.45) is 3.75. The van der Waals surface area contributed by atoms with Gasteiger partial charge >= 0.3 is 6.03 Å². The fourth-order valence-electron chi connectivity index (χ4n) is 0.457. The number of amides is 2. The van der Waals surface area contributed by atoms with Crippen LogP contribution in [0.25, 0.3) is 0 Å². The van der Waals surface area contributed by atoms with Crippen LogP contribution in [-0.4, -0.2) is 16.0 Å². The van der Waals surface area contributed by atoms with Crippen LogP contribution in [0.4, 0.5) is 10.6 Å². The van der Waals surface area contributed by atoms with Crippen LogP contribution < -0.4 is 11.1 Å². The highest BCUT2D eigenvalue weighted by Crippen LogP contribution is 1.94. The van der Waals surface area contributed by atoms with E-state index in [0.29, 0.717) is 5.82 Å². The standard InChI is InChI=1S/C5H5N4O/c6-5(10)9-4-1-2-7-3-8-4/h1-2H,(H3,6,7,8,9,10). The maximum Gasteiger partial charge on any atom is 0.317 e. The molecular weight excluding hydrogens is 132 g/mol. The molecule has 1 aromatic heterocycles. The molecule has 0 aliphatic heterocycles. The zero-order chi connectivity index (χ0) is 7.40. The molecule has 1 heterocycles. The molecule has 51 valence electrons. The van der Waals surface area contributed by atoms with Crippen LogP contribution in [0.2, 0.25) is 0 Å². The zero-order valence-corrected chi connectivity index (χ0v) is 5.03. The number of carbonyl (C=O) groups is 1. The van der Waals surface area contributed by atoms with Crippen molar-refractivity contribution in [2.24, 2.45) is 5.73 Å². The van der Waals surface area contributed by atoms with Crippen LogP contribution in [-0.2, 0) is 0 Å². The summed E-state index contributed by atoms with van der Waals surface area (Å²) in [6, 6.07) is 0.869. The summed E-state index contributed by atoms with van der Waals surface area (Å²) in [4.78, 5) is 17.3. The molecular formula is C5H5N4O. The number of aromatic nitrogens is 2. The molecule has 0 bridgehead atoms. The minimum atomic E-state index is -0.646. The smallest absolute Gasteiger partial charge is 0.317 e. The summed E-state index contributed by atoms with van der Waals surface area (Å²) < 4.78 is 0. The third-order valence-electron chi connectivity index (χ3n) is 0.786. The first-order valence-electron chi connectivity index (χ1n) is 2.54. The molecule has 1 rings (SSSR count). The van der Waals surface area contributed by atoms with Crippen LogP contribution >= 0.6 is 0 Å². The first kappa shape index (κ1) is 6.47. The summed E-state index contributed by atoms with van der Waals surface area (Å²) in [5.41, 5.74) is 4.80. The van der Waals surface area contributed by atoms with Crippen molar-refractivity contribution in [3.05, 3.63) is 18.6 Å². The Morgan fingerprint density at radius 3 is 3.10 bits per heavy atom. The van der Waals surface area contributed by atoms with Gasteiger partial charge in [-0.3, -0.25) is 5.32 Å². The molecule has 0 aliphatic carbocycles. The van der Waals surface area contributed by atoms with Crippen molar-refractivity contribution in [2.45, 2.75) is 0 Å². The van der Waals surface area contributed by atoms with E-state index in [0.717, 1.165) is 0 Å². The number of urea groups is 1. The van der Waals surface area contributed by atoms with Gasteiger partial charge in [0.15, 0.2) is 6.33 Å². The Kier molecular flexibility index (Phi) is 1.79. The van der Waals surface area contributed by atoms with E-state index >= 15 is 0 Å². The Bertz CT molecular complexity index is 222. The minimum absolute atomic E-state index is 0.350. The number of carbonyl (C=O) groups excluding carboxylic acids is 1. The van der Waals surface area contributed by atoms with Gasteiger partial charge in [-0.1, -0.05) is 0 Å². The zero-order valence-electron chi connectivity index (χ0n) is 5.03. The largest absolute Gasteiger partial charge is 0.351 e. The molecule has 0 saturated carbocycles. The average molecular weight is 137 g/mol. The van der Waals surface area contributed by atoms with Gasteiger partial charge in [-0.25, -0.2) is 14.8 Å². The normalized spacial score (nSPS) is 8.80. The lowest BCUT2D eigenvalue weighted by Crippen LogP contribution is -2.19. The highest BCUT2D eigenvalue weighted by molar-refractivity contribution is 5.86. The molecule has 0 saturated heterocycles. The molecule has 3 N–H and O–H groups in total. The number of nitrogens with two attached hydrogens (primary N) is 1. The van der Waals surface area contributed by atoms with Crippen LogP contribution in [0.1, 0.15) is 0 Å². The SMILES string of the molecule is NC(=O)Nc1ccn[c]n1. The van der Waals surface area contributed by atoms with E-state index in [2.05, 4.69) is 21.6 Å². The van der Waals surface area contributed by atoms with Crippen molar-refractivity contribution in [1.29, 1.82) is 0 Å². The first-order valence-corrected chi connectivity index (χ1v) is 2.54. The maximum atomic E-state index is 10.2. The molecule has 0 unspecified atom stereocenters. The number of nitrogens with one attached hydrogen (secondary N) is 1. The van der Waals surface area contributed by atoms with Gasteiger partial charge in [0.2, 0.25) is 0 Å². The van der Waals surface area contributed by atoms with E-state index < -0.39 is 6.03 Å². The molecule has 1 aromatic rings. The Labute approximate surface area is 57.3 Å². The van der Waals surface area contributed by atoms with Crippen LogP contribution in [0.5, 0.6) is 0 Å². The molecule has 5 nitrogen and oxygen atoms in total. The van der Waals surface area contributed by atoms with Crippen molar-refractivity contribution in [2.75, 3.05) is 5.32 Å².